The van der Waals surface area contributed by atoms with E-state index in [1.807, 2.05) is 0 Å². The molecule has 1 saturated carbocycles. The van der Waals surface area contributed by atoms with Gasteiger partial charge in [-0.25, -0.2) is 4.39 Å². The molecule has 2 rings (SSSR count). The van der Waals surface area contributed by atoms with E-state index in [9.17, 15) is 19.3 Å². The van der Waals surface area contributed by atoms with Gasteiger partial charge in [0.05, 0.1) is 23.2 Å². The summed E-state index contributed by atoms with van der Waals surface area (Å²) < 4.78 is 18.6. The average molecular weight is 267 g/mol. The third kappa shape index (κ3) is 3.57. The normalized spacial score (nSPS) is 16.6. The lowest BCUT2D eigenvalue weighted by Gasteiger charge is -2.21. The SMILES string of the molecule is O=C1CCC(OCc2cc(F)ccc2[N+](=O)[O-])CC1. The summed E-state index contributed by atoms with van der Waals surface area (Å²) >= 11 is 0. The van der Waals surface area contributed by atoms with Crippen LogP contribution in [-0.2, 0) is 16.1 Å². The van der Waals surface area contributed by atoms with E-state index in [0.717, 1.165) is 18.2 Å². The molecule has 0 aromatic heterocycles. The Morgan fingerprint density at radius 3 is 2.68 bits per heavy atom. The van der Waals surface area contributed by atoms with Crippen LogP contribution in [-0.4, -0.2) is 16.8 Å². The van der Waals surface area contributed by atoms with Crippen LogP contribution in [0.25, 0.3) is 0 Å². The van der Waals surface area contributed by atoms with Gasteiger partial charge >= 0.3 is 0 Å². The zero-order chi connectivity index (χ0) is 13.8. The molecule has 0 saturated heterocycles. The molecule has 1 aliphatic rings. The van der Waals surface area contributed by atoms with Crippen LogP contribution in [0.1, 0.15) is 31.2 Å². The molecule has 1 fully saturated rings. The van der Waals surface area contributed by atoms with Crippen LogP contribution < -0.4 is 0 Å². The van der Waals surface area contributed by atoms with Crippen LogP contribution in [0, 0.1) is 15.9 Å². The summed E-state index contributed by atoms with van der Waals surface area (Å²) in [5.74, 6) is -0.306. The van der Waals surface area contributed by atoms with Crippen LogP contribution in [0.5, 0.6) is 0 Å². The highest BCUT2D eigenvalue weighted by atomic mass is 19.1. The number of hydrogen-bond acceptors (Lipinski definition) is 4. The van der Waals surface area contributed by atoms with Crippen molar-refractivity contribution in [1.29, 1.82) is 0 Å². The van der Waals surface area contributed by atoms with E-state index in [-0.39, 0.29) is 29.7 Å². The van der Waals surface area contributed by atoms with Gasteiger partial charge in [-0.3, -0.25) is 14.9 Å². The Kier molecular flexibility index (Phi) is 4.21. The fraction of sp³-hybridized carbons (Fsp3) is 0.462. The fourth-order valence-corrected chi connectivity index (χ4v) is 2.14. The van der Waals surface area contributed by atoms with Crippen LogP contribution in [0.3, 0.4) is 0 Å². The minimum Gasteiger partial charge on any atom is -0.373 e. The van der Waals surface area contributed by atoms with Crippen molar-refractivity contribution in [3.63, 3.8) is 0 Å². The first-order valence-electron chi connectivity index (χ1n) is 6.12. The average Bonchev–Trinajstić information content (AvgIpc) is 2.38. The summed E-state index contributed by atoms with van der Waals surface area (Å²) in [4.78, 5) is 21.3. The largest absolute Gasteiger partial charge is 0.373 e. The third-order valence-corrected chi connectivity index (χ3v) is 3.20. The predicted octanol–water partition coefficient (Wildman–Crippen LogP) is 2.76. The van der Waals surface area contributed by atoms with Crippen molar-refractivity contribution in [2.45, 2.75) is 38.4 Å². The maximum absolute atomic E-state index is 13.1. The Labute approximate surface area is 109 Å². The predicted molar refractivity (Wildman–Crippen MR) is 65.1 cm³/mol. The molecule has 0 atom stereocenters. The van der Waals surface area contributed by atoms with Crippen molar-refractivity contribution in [2.24, 2.45) is 0 Å². The smallest absolute Gasteiger partial charge is 0.275 e. The lowest BCUT2D eigenvalue weighted by Crippen LogP contribution is -2.21. The zero-order valence-electron chi connectivity index (χ0n) is 10.3. The molecule has 0 aliphatic heterocycles. The summed E-state index contributed by atoms with van der Waals surface area (Å²) in [5, 5.41) is 10.8. The number of nitro groups is 1. The fourth-order valence-electron chi connectivity index (χ4n) is 2.14. The number of carbonyl (C=O) groups is 1. The molecule has 0 unspecified atom stereocenters. The number of hydrogen-bond donors (Lipinski definition) is 0. The molecule has 19 heavy (non-hydrogen) atoms. The maximum Gasteiger partial charge on any atom is 0.275 e. The van der Waals surface area contributed by atoms with Gasteiger partial charge in [-0.1, -0.05) is 0 Å². The summed E-state index contributed by atoms with van der Waals surface area (Å²) in [6.45, 7) is -0.00701. The molecule has 6 heteroatoms. The van der Waals surface area contributed by atoms with Gasteiger partial charge in [-0.2, -0.15) is 0 Å². The number of halogens is 1. The van der Waals surface area contributed by atoms with E-state index in [4.69, 9.17) is 4.74 Å². The summed E-state index contributed by atoms with van der Waals surface area (Å²) in [7, 11) is 0. The van der Waals surface area contributed by atoms with Crippen LogP contribution in [0.15, 0.2) is 18.2 Å². The summed E-state index contributed by atoms with van der Waals surface area (Å²) in [6.07, 6.45) is 2.14. The Morgan fingerprint density at radius 2 is 2.05 bits per heavy atom. The second-order valence-corrected chi connectivity index (χ2v) is 4.58. The van der Waals surface area contributed by atoms with Crippen molar-refractivity contribution >= 4 is 11.5 Å². The van der Waals surface area contributed by atoms with Crippen molar-refractivity contribution in [1.82, 2.24) is 0 Å². The molecular formula is C13H14FNO4. The van der Waals surface area contributed by atoms with Crippen molar-refractivity contribution < 1.29 is 18.8 Å². The van der Waals surface area contributed by atoms with Gasteiger partial charge in [0.15, 0.2) is 0 Å². The van der Waals surface area contributed by atoms with Crippen LogP contribution in [0.2, 0.25) is 0 Å². The lowest BCUT2D eigenvalue weighted by molar-refractivity contribution is -0.386. The van der Waals surface area contributed by atoms with E-state index < -0.39 is 10.7 Å². The standard InChI is InChI=1S/C13H14FNO4/c14-10-1-6-13(15(17)18)9(7-10)8-19-12-4-2-11(16)3-5-12/h1,6-7,12H,2-5,8H2. The second-order valence-electron chi connectivity index (χ2n) is 4.58. The van der Waals surface area contributed by atoms with Crippen molar-refractivity contribution in [3.05, 3.63) is 39.7 Å². The molecule has 1 aromatic rings. The first-order chi connectivity index (χ1) is 9.06. The molecule has 0 N–H and O–H groups in total. The molecule has 1 aliphatic carbocycles. The molecule has 5 nitrogen and oxygen atoms in total. The van der Waals surface area contributed by atoms with E-state index in [2.05, 4.69) is 0 Å². The van der Waals surface area contributed by atoms with Crippen molar-refractivity contribution in [2.75, 3.05) is 0 Å². The van der Waals surface area contributed by atoms with Crippen LogP contribution >= 0.6 is 0 Å². The molecule has 0 heterocycles. The number of rotatable bonds is 4. The molecule has 0 radical (unpaired) electrons. The Morgan fingerprint density at radius 1 is 1.37 bits per heavy atom. The number of ether oxygens (including phenoxy) is 1. The number of nitrogens with zero attached hydrogens (tertiary/aromatic N) is 1. The van der Waals surface area contributed by atoms with E-state index in [1.165, 1.54) is 0 Å². The highest BCUT2D eigenvalue weighted by Gasteiger charge is 2.21. The van der Waals surface area contributed by atoms with Gasteiger partial charge < -0.3 is 4.74 Å². The Hall–Kier alpha value is -1.82. The summed E-state index contributed by atoms with van der Waals surface area (Å²) in [5.41, 5.74) is 0.0789. The minimum atomic E-state index is -0.553. The number of ketones is 1. The van der Waals surface area contributed by atoms with Crippen LogP contribution in [0.4, 0.5) is 10.1 Å². The van der Waals surface area contributed by atoms with E-state index >= 15 is 0 Å². The zero-order valence-corrected chi connectivity index (χ0v) is 10.3. The van der Waals surface area contributed by atoms with Crippen molar-refractivity contribution in [3.8, 4) is 0 Å². The van der Waals surface area contributed by atoms with Gasteiger partial charge in [0.1, 0.15) is 11.6 Å². The van der Waals surface area contributed by atoms with E-state index in [1.54, 1.807) is 0 Å². The van der Waals surface area contributed by atoms with Gasteiger partial charge in [0.2, 0.25) is 0 Å². The van der Waals surface area contributed by atoms with Gasteiger partial charge in [-0.15, -0.1) is 0 Å². The van der Waals surface area contributed by atoms with E-state index in [0.29, 0.717) is 25.7 Å². The third-order valence-electron chi connectivity index (χ3n) is 3.20. The Balaban J connectivity index is 2.00. The summed E-state index contributed by atoms with van der Waals surface area (Å²) in [6, 6.07) is 3.31. The van der Waals surface area contributed by atoms with Gasteiger partial charge in [0, 0.05) is 18.9 Å². The molecule has 1 aromatic carbocycles. The first-order valence-corrected chi connectivity index (χ1v) is 6.12. The maximum atomic E-state index is 13.1. The number of benzene rings is 1. The Bertz CT molecular complexity index is 493. The lowest BCUT2D eigenvalue weighted by atomic mass is 9.96. The second kappa shape index (κ2) is 5.88. The van der Waals surface area contributed by atoms with Gasteiger partial charge in [0.25, 0.3) is 5.69 Å². The molecule has 0 spiro atoms. The number of Topliss-reactive ketones (excluding diaryl/α,β-unsaturated/α-hetero) is 1. The molecule has 0 amide bonds. The highest BCUT2D eigenvalue weighted by molar-refractivity contribution is 5.79. The minimum absolute atomic E-state index is 0.00701. The number of carbonyl (C=O) groups excluding carboxylic acids is 1. The quantitative estimate of drug-likeness (QED) is 0.621. The topological polar surface area (TPSA) is 69.4 Å². The number of nitro benzene ring substituents is 1. The molecule has 102 valence electrons. The highest BCUT2D eigenvalue weighted by Crippen LogP contribution is 2.24. The molecular weight excluding hydrogens is 253 g/mol. The van der Waals surface area contributed by atoms with Gasteiger partial charge in [-0.05, 0) is 25.0 Å². The molecule has 0 bridgehead atoms. The first kappa shape index (κ1) is 13.6. The monoisotopic (exact) mass is 267 g/mol.